The first-order chi connectivity index (χ1) is 9.13. The number of methoxy groups -OCH3 is 1. The summed E-state index contributed by atoms with van der Waals surface area (Å²) in [6, 6.07) is 0. The highest BCUT2D eigenvalue weighted by molar-refractivity contribution is 5.92. The number of aromatic nitrogens is 2. The van der Waals surface area contributed by atoms with Crippen LogP contribution in [-0.4, -0.2) is 22.6 Å². The summed E-state index contributed by atoms with van der Waals surface area (Å²) < 4.78 is 6.59. The van der Waals surface area contributed by atoms with Crippen LogP contribution in [0.15, 0.2) is 0 Å². The van der Waals surface area contributed by atoms with Crippen molar-refractivity contribution in [1.82, 2.24) is 9.55 Å². The Labute approximate surface area is 114 Å². The van der Waals surface area contributed by atoms with E-state index in [1.165, 1.54) is 39.2 Å². The van der Waals surface area contributed by atoms with E-state index in [0.29, 0.717) is 5.82 Å². The van der Waals surface area contributed by atoms with Crippen molar-refractivity contribution in [3.63, 3.8) is 0 Å². The number of nitrogens with zero attached hydrogens (tertiary/aromatic N) is 2. The van der Waals surface area contributed by atoms with Gasteiger partial charge in [0.15, 0.2) is 5.69 Å². The maximum absolute atomic E-state index is 11.5. The van der Waals surface area contributed by atoms with Crippen LogP contribution in [-0.2, 0) is 11.3 Å². The van der Waals surface area contributed by atoms with Gasteiger partial charge >= 0.3 is 5.97 Å². The van der Waals surface area contributed by atoms with Gasteiger partial charge in [-0.05, 0) is 25.7 Å². The van der Waals surface area contributed by atoms with Crippen molar-refractivity contribution in [3.05, 3.63) is 11.5 Å². The predicted molar refractivity (Wildman–Crippen MR) is 73.9 cm³/mol. The minimum atomic E-state index is -0.463. The Morgan fingerprint density at radius 1 is 1.47 bits per heavy atom. The summed E-state index contributed by atoms with van der Waals surface area (Å²) in [5.41, 5.74) is 6.21. The lowest BCUT2D eigenvalue weighted by Crippen LogP contribution is -2.09. The summed E-state index contributed by atoms with van der Waals surface area (Å²) in [6.45, 7) is 2.70. The highest BCUT2D eigenvalue weighted by Gasteiger charge is 2.19. The molecule has 0 radical (unpaired) electrons. The van der Waals surface area contributed by atoms with Gasteiger partial charge in [0, 0.05) is 6.54 Å². The third-order valence-corrected chi connectivity index (χ3v) is 4.05. The predicted octanol–water partition coefficient (Wildman–Crippen LogP) is 2.53. The lowest BCUT2D eigenvalue weighted by atomic mass is 10.0. The number of hydrogen-bond acceptors (Lipinski definition) is 4. The molecule has 1 aromatic heterocycles. The molecule has 2 N–H and O–H groups in total. The zero-order chi connectivity index (χ0) is 13.8. The van der Waals surface area contributed by atoms with E-state index >= 15 is 0 Å². The van der Waals surface area contributed by atoms with Crippen LogP contribution < -0.4 is 5.73 Å². The van der Waals surface area contributed by atoms with Gasteiger partial charge in [0.2, 0.25) is 0 Å². The van der Waals surface area contributed by atoms with Gasteiger partial charge in [0.25, 0.3) is 0 Å². The lowest BCUT2D eigenvalue weighted by molar-refractivity contribution is 0.0595. The Hall–Kier alpha value is -1.52. The van der Waals surface area contributed by atoms with Crippen LogP contribution in [0.25, 0.3) is 0 Å². The summed E-state index contributed by atoms with van der Waals surface area (Å²) in [6.07, 6.45) is 7.82. The molecule has 0 atom stereocenters. The number of esters is 1. The van der Waals surface area contributed by atoms with Crippen LogP contribution in [0, 0.1) is 12.8 Å². The van der Waals surface area contributed by atoms with E-state index in [1.54, 1.807) is 0 Å². The normalized spacial score (nSPS) is 15.9. The van der Waals surface area contributed by atoms with Crippen LogP contribution in [0.3, 0.4) is 0 Å². The topological polar surface area (TPSA) is 70.1 Å². The first-order valence-corrected chi connectivity index (χ1v) is 7.04. The Bertz CT molecular complexity index is 448. The molecule has 5 heteroatoms. The fraction of sp³-hybridized carbons (Fsp3) is 0.714. The number of imidazole rings is 1. The molecule has 1 aromatic rings. The van der Waals surface area contributed by atoms with Crippen molar-refractivity contribution in [2.45, 2.75) is 52.0 Å². The first-order valence-electron chi connectivity index (χ1n) is 7.04. The van der Waals surface area contributed by atoms with E-state index < -0.39 is 5.97 Å². The van der Waals surface area contributed by atoms with Gasteiger partial charge in [-0.3, -0.25) is 0 Å². The van der Waals surface area contributed by atoms with Crippen molar-refractivity contribution in [2.75, 3.05) is 12.8 Å². The van der Waals surface area contributed by atoms with Crippen molar-refractivity contribution in [3.8, 4) is 0 Å². The molecule has 0 spiro atoms. The van der Waals surface area contributed by atoms with E-state index in [4.69, 9.17) is 5.73 Å². The number of rotatable bonds is 5. The second-order valence-corrected chi connectivity index (χ2v) is 5.33. The van der Waals surface area contributed by atoms with Gasteiger partial charge in [-0.1, -0.05) is 25.7 Å². The van der Waals surface area contributed by atoms with E-state index in [0.717, 1.165) is 24.7 Å². The van der Waals surface area contributed by atoms with Crippen LogP contribution in [0.2, 0.25) is 0 Å². The molecule has 0 amide bonds. The fourth-order valence-electron chi connectivity index (χ4n) is 2.95. The molecule has 1 saturated carbocycles. The standard InChI is InChI=1S/C14H23N3O2/c1-10-16-12(14(18)19-2)13(15)17(10)9-5-8-11-6-3-4-7-11/h11H,3-9,15H2,1-2H3. The molecular weight excluding hydrogens is 242 g/mol. The van der Waals surface area contributed by atoms with Crippen LogP contribution >= 0.6 is 0 Å². The highest BCUT2D eigenvalue weighted by Crippen LogP contribution is 2.29. The molecule has 19 heavy (non-hydrogen) atoms. The van der Waals surface area contributed by atoms with Gasteiger partial charge < -0.3 is 15.0 Å². The van der Waals surface area contributed by atoms with Gasteiger partial charge in [-0.2, -0.15) is 0 Å². The third-order valence-electron chi connectivity index (χ3n) is 4.05. The van der Waals surface area contributed by atoms with E-state index in [-0.39, 0.29) is 5.69 Å². The summed E-state index contributed by atoms with van der Waals surface area (Å²) >= 11 is 0. The maximum Gasteiger partial charge on any atom is 0.360 e. The number of nitrogens with two attached hydrogens (primary N) is 1. The van der Waals surface area contributed by atoms with E-state index in [9.17, 15) is 4.79 Å². The van der Waals surface area contributed by atoms with Crippen molar-refractivity contribution >= 4 is 11.8 Å². The summed E-state index contributed by atoms with van der Waals surface area (Å²) in [5.74, 6) is 1.63. The molecule has 0 aliphatic heterocycles. The number of carbonyl (C=O) groups excluding carboxylic acids is 1. The average Bonchev–Trinajstić information content (AvgIpc) is 3.00. The van der Waals surface area contributed by atoms with Gasteiger partial charge in [-0.15, -0.1) is 0 Å². The number of carbonyl (C=O) groups is 1. The monoisotopic (exact) mass is 265 g/mol. The Morgan fingerprint density at radius 3 is 2.79 bits per heavy atom. The summed E-state index contributed by atoms with van der Waals surface area (Å²) in [7, 11) is 1.34. The lowest BCUT2D eigenvalue weighted by Gasteiger charge is -2.11. The molecule has 1 heterocycles. The SMILES string of the molecule is COC(=O)c1nc(C)n(CCCC2CCCC2)c1N. The first kappa shape index (κ1) is 13.9. The number of nitrogen functional groups attached to an aromatic ring is 1. The van der Waals surface area contributed by atoms with Crippen molar-refractivity contribution < 1.29 is 9.53 Å². The van der Waals surface area contributed by atoms with Gasteiger partial charge in [0.1, 0.15) is 11.6 Å². The molecule has 1 fully saturated rings. The largest absolute Gasteiger partial charge is 0.464 e. The molecule has 1 aliphatic rings. The quantitative estimate of drug-likeness (QED) is 0.830. The molecule has 2 rings (SSSR count). The van der Waals surface area contributed by atoms with Crippen molar-refractivity contribution in [2.24, 2.45) is 5.92 Å². The van der Waals surface area contributed by atoms with E-state index in [2.05, 4.69) is 9.72 Å². The summed E-state index contributed by atoms with van der Waals surface area (Å²) in [4.78, 5) is 15.7. The van der Waals surface area contributed by atoms with Gasteiger partial charge in [0.05, 0.1) is 7.11 Å². The Morgan fingerprint density at radius 2 is 2.16 bits per heavy atom. The molecule has 0 saturated heterocycles. The van der Waals surface area contributed by atoms with Crippen LogP contribution in [0.4, 0.5) is 5.82 Å². The number of anilines is 1. The van der Waals surface area contributed by atoms with Crippen molar-refractivity contribution in [1.29, 1.82) is 0 Å². The molecule has 0 bridgehead atoms. The second kappa shape index (κ2) is 6.08. The van der Waals surface area contributed by atoms with Crippen LogP contribution in [0.1, 0.15) is 54.8 Å². The third kappa shape index (κ3) is 3.08. The second-order valence-electron chi connectivity index (χ2n) is 5.33. The molecular formula is C14H23N3O2. The molecule has 1 aliphatic carbocycles. The fourth-order valence-corrected chi connectivity index (χ4v) is 2.95. The maximum atomic E-state index is 11.5. The molecule has 0 unspecified atom stereocenters. The minimum absolute atomic E-state index is 0.237. The number of ether oxygens (including phenoxy) is 1. The molecule has 106 valence electrons. The zero-order valence-electron chi connectivity index (χ0n) is 11.8. The Kier molecular flexibility index (Phi) is 4.45. The highest BCUT2D eigenvalue weighted by atomic mass is 16.5. The van der Waals surface area contributed by atoms with Crippen LogP contribution in [0.5, 0.6) is 0 Å². The van der Waals surface area contributed by atoms with Gasteiger partial charge in [-0.25, -0.2) is 9.78 Å². The molecule has 5 nitrogen and oxygen atoms in total. The summed E-state index contributed by atoms with van der Waals surface area (Å²) in [5, 5.41) is 0. The minimum Gasteiger partial charge on any atom is -0.464 e. The average molecular weight is 265 g/mol. The Balaban J connectivity index is 1.95. The number of aryl methyl sites for hydroxylation is 1. The molecule has 0 aromatic carbocycles. The number of hydrogen-bond donors (Lipinski definition) is 1. The van der Waals surface area contributed by atoms with E-state index in [1.807, 2.05) is 11.5 Å². The smallest absolute Gasteiger partial charge is 0.360 e. The zero-order valence-corrected chi connectivity index (χ0v) is 11.8.